The summed E-state index contributed by atoms with van der Waals surface area (Å²) in [5.41, 5.74) is 4.00. The lowest BCUT2D eigenvalue weighted by atomic mass is 10.1. The maximum Gasteiger partial charge on any atom is 0.135 e. The molecule has 2 aliphatic rings. The van der Waals surface area contributed by atoms with Gasteiger partial charge in [-0.05, 0) is 37.3 Å². The van der Waals surface area contributed by atoms with Crippen LogP contribution in [0.15, 0.2) is 52.1 Å². The normalized spacial score (nSPS) is 18.9. The van der Waals surface area contributed by atoms with E-state index in [1.165, 1.54) is 0 Å². The number of fused-ring (bicyclic) bond motifs is 1. The SMILES string of the molecule is C[C@@H]1Cc2oc(-c3ccnc(-c4ccc(N5CCNCC5)nc4)c3)cc2C=N1. The molecule has 0 radical (unpaired) electrons. The summed E-state index contributed by atoms with van der Waals surface area (Å²) in [6.45, 7) is 6.09. The zero-order valence-electron chi connectivity index (χ0n) is 15.9. The van der Waals surface area contributed by atoms with Crippen molar-refractivity contribution in [2.75, 3.05) is 31.1 Å². The molecule has 1 N–H and O–H groups in total. The van der Waals surface area contributed by atoms with E-state index in [9.17, 15) is 0 Å². The van der Waals surface area contributed by atoms with Gasteiger partial charge < -0.3 is 14.6 Å². The van der Waals surface area contributed by atoms with Crippen molar-refractivity contribution < 1.29 is 4.42 Å². The van der Waals surface area contributed by atoms with Gasteiger partial charge in [-0.15, -0.1) is 0 Å². The second-order valence-electron chi connectivity index (χ2n) is 7.39. The number of furan rings is 1. The van der Waals surface area contributed by atoms with Crippen LogP contribution in [0.1, 0.15) is 18.2 Å². The first-order chi connectivity index (χ1) is 13.8. The molecule has 5 rings (SSSR count). The molecule has 0 aliphatic carbocycles. The van der Waals surface area contributed by atoms with Gasteiger partial charge in [0, 0.05) is 67.9 Å². The van der Waals surface area contributed by atoms with Gasteiger partial charge in [0.15, 0.2) is 0 Å². The van der Waals surface area contributed by atoms with Crippen LogP contribution in [0.4, 0.5) is 5.82 Å². The number of aliphatic imine (C=N–C) groups is 1. The molecule has 0 bridgehead atoms. The third-order valence-corrected chi connectivity index (χ3v) is 5.32. The van der Waals surface area contributed by atoms with Crippen LogP contribution in [0.2, 0.25) is 0 Å². The summed E-state index contributed by atoms with van der Waals surface area (Å²) in [5.74, 6) is 2.89. The summed E-state index contributed by atoms with van der Waals surface area (Å²) in [5, 5.41) is 3.37. The number of nitrogens with one attached hydrogen (secondary N) is 1. The Morgan fingerprint density at radius 1 is 1.07 bits per heavy atom. The Morgan fingerprint density at radius 3 is 2.79 bits per heavy atom. The predicted molar refractivity (Wildman–Crippen MR) is 111 cm³/mol. The molecule has 0 amide bonds. The van der Waals surface area contributed by atoms with Crippen LogP contribution in [0, 0.1) is 0 Å². The van der Waals surface area contributed by atoms with Gasteiger partial charge in [-0.25, -0.2) is 4.98 Å². The van der Waals surface area contributed by atoms with Crippen molar-refractivity contribution >= 4 is 12.0 Å². The van der Waals surface area contributed by atoms with Gasteiger partial charge in [0.1, 0.15) is 17.3 Å². The molecule has 1 fully saturated rings. The monoisotopic (exact) mass is 373 g/mol. The van der Waals surface area contributed by atoms with E-state index in [0.717, 1.165) is 72.3 Å². The molecule has 1 atom stereocenters. The lowest BCUT2D eigenvalue weighted by Crippen LogP contribution is -2.43. The number of pyridine rings is 2. The van der Waals surface area contributed by atoms with Crippen LogP contribution in [-0.2, 0) is 6.42 Å². The first kappa shape index (κ1) is 17.1. The zero-order valence-corrected chi connectivity index (χ0v) is 15.9. The number of hydrogen-bond donors (Lipinski definition) is 1. The maximum absolute atomic E-state index is 6.10. The van der Waals surface area contributed by atoms with Crippen molar-refractivity contribution in [1.82, 2.24) is 15.3 Å². The molecule has 142 valence electrons. The zero-order chi connectivity index (χ0) is 18.9. The summed E-state index contributed by atoms with van der Waals surface area (Å²) >= 11 is 0. The van der Waals surface area contributed by atoms with Gasteiger partial charge in [-0.3, -0.25) is 9.98 Å². The number of anilines is 1. The third kappa shape index (κ3) is 3.31. The highest BCUT2D eigenvalue weighted by Crippen LogP contribution is 2.30. The summed E-state index contributed by atoms with van der Waals surface area (Å²) in [7, 11) is 0. The molecular weight excluding hydrogens is 350 g/mol. The van der Waals surface area contributed by atoms with Gasteiger partial charge in [0.2, 0.25) is 0 Å². The summed E-state index contributed by atoms with van der Waals surface area (Å²) in [6.07, 6.45) is 6.50. The molecule has 0 spiro atoms. The highest BCUT2D eigenvalue weighted by Gasteiger charge is 2.18. The highest BCUT2D eigenvalue weighted by atomic mass is 16.3. The molecular formula is C22H23N5O. The van der Waals surface area contributed by atoms with E-state index in [0.29, 0.717) is 0 Å². The van der Waals surface area contributed by atoms with Crippen molar-refractivity contribution in [3.8, 4) is 22.6 Å². The van der Waals surface area contributed by atoms with E-state index in [1.54, 1.807) is 0 Å². The van der Waals surface area contributed by atoms with Crippen molar-refractivity contribution in [3.63, 3.8) is 0 Å². The number of rotatable bonds is 3. The van der Waals surface area contributed by atoms with Crippen molar-refractivity contribution in [3.05, 3.63) is 54.0 Å². The Morgan fingerprint density at radius 2 is 1.96 bits per heavy atom. The van der Waals surface area contributed by atoms with E-state index < -0.39 is 0 Å². The summed E-state index contributed by atoms with van der Waals surface area (Å²) in [4.78, 5) is 16.0. The number of hydrogen-bond acceptors (Lipinski definition) is 6. The third-order valence-electron chi connectivity index (χ3n) is 5.32. The van der Waals surface area contributed by atoms with Crippen molar-refractivity contribution in [2.45, 2.75) is 19.4 Å². The first-order valence-electron chi connectivity index (χ1n) is 9.81. The second kappa shape index (κ2) is 7.20. The molecule has 6 nitrogen and oxygen atoms in total. The largest absolute Gasteiger partial charge is 0.460 e. The molecule has 1 saturated heterocycles. The Balaban J connectivity index is 1.41. The van der Waals surface area contributed by atoms with Crippen LogP contribution >= 0.6 is 0 Å². The standard InChI is InChI=1S/C22H23N5O/c1-15-10-20-18(14-25-15)12-21(28-20)16-4-5-24-19(11-16)17-2-3-22(26-13-17)27-8-6-23-7-9-27/h2-5,11-15,23H,6-10H2,1H3/t15-/m1/s1. The fourth-order valence-corrected chi connectivity index (χ4v) is 3.74. The number of aromatic nitrogens is 2. The highest BCUT2D eigenvalue weighted by molar-refractivity contribution is 5.84. The lowest BCUT2D eigenvalue weighted by molar-refractivity contribution is 0.499. The topological polar surface area (TPSA) is 66.6 Å². The average molecular weight is 373 g/mol. The Hall–Kier alpha value is -2.99. The maximum atomic E-state index is 6.10. The van der Waals surface area contributed by atoms with E-state index in [4.69, 9.17) is 4.42 Å². The van der Waals surface area contributed by atoms with Crippen LogP contribution in [0.5, 0.6) is 0 Å². The van der Waals surface area contributed by atoms with E-state index >= 15 is 0 Å². The Bertz CT molecular complexity index is 1000. The number of piperazine rings is 1. The van der Waals surface area contributed by atoms with Crippen LogP contribution < -0.4 is 10.2 Å². The minimum Gasteiger partial charge on any atom is -0.460 e. The van der Waals surface area contributed by atoms with Crippen molar-refractivity contribution in [2.24, 2.45) is 4.99 Å². The Labute approximate surface area is 164 Å². The minimum absolute atomic E-state index is 0.278. The second-order valence-corrected chi connectivity index (χ2v) is 7.39. The quantitative estimate of drug-likeness (QED) is 0.764. The minimum atomic E-state index is 0.278. The molecule has 0 aromatic carbocycles. The smallest absolute Gasteiger partial charge is 0.135 e. The van der Waals surface area contributed by atoms with Crippen molar-refractivity contribution in [1.29, 1.82) is 0 Å². The van der Waals surface area contributed by atoms with E-state index in [1.807, 2.05) is 24.7 Å². The average Bonchev–Trinajstić information content (AvgIpc) is 3.18. The van der Waals surface area contributed by atoms with E-state index in [-0.39, 0.29) is 6.04 Å². The van der Waals surface area contributed by atoms with Gasteiger partial charge in [0.25, 0.3) is 0 Å². The summed E-state index contributed by atoms with van der Waals surface area (Å²) < 4.78 is 6.10. The Kier molecular flexibility index (Phi) is 4.41. The predicted octanol–water partition coefficient (Wildman–Crippen LogP) is 3.18. The molecule has 3 aromatic rings. The fraction of sp³-hybridized carbons (Fsp3) is 0.318. The van der Waals surface area contributed by atoms with Gasteiger partial charge in [0.05, 0.1) is 11.7 Å². The van der Waals surface area contributed by atoms with Crippen LogP contribution in [0.25, 0.3) is 22.6 Å². The molecule has 5 heterocycles. The molecule has 0 saturated carbocycles. The fourth-order valence-electron chi connectivity index (χ4n) is 3.74. The van der Waals surface area contributed by atoms with E-state index in [2.05, 4.69) is 56.4 Å². The van der Waals surface area contributed by atoms with Crippen LogP contribution in [0.3, 0.4) is 0 Å². The molecule has 28 heavy (non-hydrogen) atoms. The summed E-state index contributed by atoms with van der Waals surface area (Å²) in [6, 6.07) is 10.6. The van der Waals surface area contributed by atoms with Crippen LogP contribution in [-0.4, -0.2) is 48.4 Å². The first-order valence-corrected chi connectivity index (χ1v) is 9.81. The van der Waals surface area contributed by atoms with Gasteiger partial charge >= 0.3 is 0 Å². The molecule has 3 aromatic heterocycles. The lowest BCUT2D eigenvalue weighted by Gasteiger charge is -2.28. The van der Waals surface area contributed by atoms with Gasteiger partial charge in [-0.2, -0.15) is 0 Å². The molecule has 0 unspecified atom stereocenters. The molecule has 6 heteroatoms. The molecule has 2 aliphatic heterocycles. The van der Waals surface area contributed by atoms with Gasteiger partial charge in [-0.1, -0.05) is 0 Å². The number of nitrogens with zero attached hydrogens (tertiary/aromatic N) is 4.